The van der Waals surface area contributed by atoms with Crippen molar-refractivity contribution < 1.29 is 22.7 Å². The van der Waals surface area contributed by atoms with E-state index in [2.05, 4.69) is 5.32 Å². The Balaban J connectivity index is 1.83. The Morgan fingerprint density at radius 2 is 1.63 bits per heavy atom. The van der Waals surface area contributed by atoms with Crippen LogP contribution in [0, 0.1) is 6.92 Å². The van der Waals surface area contributed by atoms with Crippen LogP contribution in [-0.2, 0) is 32.6 Å². The summed E-state index contributed by atoms with van der Waals surface area (Å²) in [5.41, 5.74) is 2.50. The molecule has 0 aromatic heterocycles. The Labute approximate surface area is 280 Å². The summed E-state index contributed by atoms with van der Waals surface area (Å²) in [6, 6.07) is 26.1. The fourth-order valence-electron chi connectivity index (χ4n) is 4.89. The number of anilines is 1. The van der Waals surface area contributed by atoms with E-state index in [0.29, 0.717) is 34.3 Å². The molecule has 4 aromatic rings. The minimum Gasteiger partial charge on any atom is -0.497 e. The van der Waals surface area contributed by atoms with Crippen LogP contribution in [0.4, 0.5) is 5.69 Å². The lowest BCUT2D eigenvalue weighted by Crippen LogP contribution is -2.53. The van der Waals surface area contributed by atoms with Gasteiger partial charge in [-0.05, 0) is 60.9 Å². The number of sulfonamides is 1. The molecule has 242 valence electrons. The second kappa shape index (κ2) is 16.0. The molecule has 1 N–H and O–H groups in total. The van der Waals surface area contributed by atoms with Gasteiger partial charge < -0.3 is 15.0 Å². The zero-order valence-corrected chi connectivity index (χ0v) is 28.3. The van der Waals surface area contributed by atoms with Crippen LogP contribution in [0.1, 0.15) is 30.0 Å². The van der Waals surface area contributed by atoms with Crippen LogP contribution in [0.2, 0.25) is 10.0 Å². The lowest BCUT2D eigenvalue weighted by molar-refractivity contribution is -0.140. The molecule has 0 heterocycles. The molecule has 0 saturated carbocycles. The largest absolute Gasteiger partial charge is 0.497 e. The second-order valence-electron chi connectivity index (χ2n) is 10.8. The summed E-state index contributed by atoms with van der Waals surface area (Å²) in [4.78, 5) is 29.7. The van der Waals surface area contributed by atoms with Gasteiger partial charge in [0.1, 0.15) is 18.3 Å². The number of carbonyl (C=O) groups is 2. The highest BCUT2D eigenvalue weighted by molar-refractivity contribution is 7.92. The molecule has 46 heavy (non-hydrogen) atoms. The Hall–Kier alpha value is -4.05. The SMILES string of the molecule is CCCNC(=O)C(Cc1ccccc1)N(Cc1ccc(Cl)cc1Cl)C(=O)CN(c1cccc(OC)c1)S(=O)(=O)c1ccc(C)cc1. The third-order valence-electron chi connectivity index (χ3n) is 7.41. The zero-order chi connectivity index (χ0) is 33.3. The van der Waals surface area contributed by atoms with Crippen molar-refractivity contribution in [1.29, 1.82) is 0 Å². The zero-order valence-electron chi connectivity index (χ0n) is 26.0. The van der Waals surface area contributed by atoms with Gasteiger partial charge in [0.05, 0.1) is 17.7 Å². The average Bonchev–Trinajstić information content (AvgIpc) is 3.05. The van der Waals surface area contributed by atoms with Gasteiger partial charge in [-0.25, -0.2) is 8.42 Å². The van der Waals surface area contributed by atoms with Crippen molar-refractivity contribution >= 4 is 50.7 Å². The third kappa shape index (κ3) is 8.81. The summed E-state index contributed by atoms with van der Waals surface area (Å²) >= 11 is 12.7. The number of amides is 2. The number of nitrogens with zero attached hydrogens (tertiary/aromatic N) is 2. The predicted molar refractivity (Wildman–Crippen MR) is 183 cm³/mol. The standard InChI is InChI=1S/C35H37Cl2N3O5S/c1-4-19-38-35(42)33(20-26-9-6-5-7-10-26)39(23-27-15-16-28(36)21-32(27)37)34(41)24-40(29-11-8-12-30(22-29)45-3)46(43,44)31-17-13-25(2)14-18-31/h5-18,21-22,33H,4,19-20,23-24H2,1-3H3,(H,38,42). The van der Waals surface area contributed by atoms with E-state index >= 15 is 0 Å². The predicted octanol–water partition coefficient (Wildman–Crippen LogP) is 6.67. The van der Waals surface area contributed by atoms with E-state index in [1.807, 2.05) is 44.2 Å². The van der Waals surface area contributed by atoms with E-state index in [1.165, 1.54) is 24.1 Å². The van der Waals surface area contributed by atoms with Crippen molar-refractivity contribution in [3.8, 4) is 5.75 Å². The molecule has 0 aliphatic rings. The van der Waals surface area contributed by atoms with Crippen LogP contribution in [0.5, 0.6) is 5.75 Å². The summed E-state index contributed by atoms with van der Waals surface area (Å²) < 4.78 is 34.8. The Kier molecular flexibility index (Phi) is 12.1. The number of rotatable bonds is 14. The smallest absolute Gasteiger partial charge is 0.264 e. The number of carbonyl (C=O) groups excluding carboxylic acids is 2. The number of hydrogen-bond acceptors (Lipinski definition) is 5. The van der Waals surface area contributed by atoms with Crippen molar-refractivity contribution in [1.82, 2.24) is 10.2 Å². The van der Waals surface area contributed by atoms with Crippen molar-refractivity contribution in [2.45, 2.75) is 44.2 Å². The van der Waals surface area contributed by atoms with Crippen LogP contribution in [0.3, 0.4) is 0 Å². The highest BCUT2D eigenvalue weighted by Gasteiger charge is 2.35. The van der Waals surface area contributed by atoms with Crippen molar-refractivity contribution in [3.05, 3.63) is 124 Å². The van der Waals surface area contributed by atoms with Gasteiger partial charge in [-0.15, -0.1) is 0 Å². The number of halogens is 2. The summed E-state index contributed by atoms with van der Waals surface area (Å²) in [7, 11) is -2.77. The summed E-state index contributed by atoms with van der Waals surface area (Å²) in [6.45, 7) is 3.54. The fourth-order valence-corrected chi connectivity index (χ4v) is 6.76. The molecule has 4 aromatic carbocycles. The van der Waals surface area contributed by atoms with Gasteiger partial charge in [0.15, 0.2) is 0 Å². The Bertz CT molecular complexity index is 1750. The van der Waals surface area contributed by atoms with E-state index in [9.17, 15) is 18.0 Å². The van der Waals surface area contributed by atoms with Gasteiger partial charge in [-0.1, -0.05) is 90.3 Å². The van der Waals surface area contributed by atoms with Crippen LogP contribution in [-0.4, -0.2) is 51.4 Å². The topological polar surface area (TPSA) is 96.0 Å². The molecule has 0 spiro atoms. The summed E-state index contributed by atoms with van der Waals surface area (Å²) in [5.74, 6) is -0.546. The number of methoxy groups -OCH3 is 1. The summed E-state index contributed by atoms with van der Waals surface area (Å²) in [5, 5.41) is 3.66. The lowest BCUT2D eigenvalue weighted by atomic mass is 10.0. The van der Waals surface area contributed by atoms with Crippen molar-refractivity contribution in [2.24, 2.45) is 0 Å². The first-order valence-corrected chi connectivity index (χ1v) is 17.0. The van der Waals surface area contributed by atoms with E-state index in [0.717, 1.165) is 15.4 Å². The minimum absolute atomic E-state index is 0.0162. The van der Waals surface area contributed by atoms with Gasteiger partial charge in [-0.2, -0.15) is 0 Å². The molecule has 8 nitrogen and oxygen atoms in total. The van der Waals surface area contributed by atoms with Crippen LogP contribution in [0.15, 0.2) is 102 Å². The van der Waals surface area contributed by atoms with Crippen LogP contribution < -0.4 is 14.4 Å². The minimum atomic E-state index is -4.24. The van der Waals surface area contributed by atoms with E-state index in [1.54, 1.807) is 54.6 Å². The van der Waals surface area contributed by atoms with E-state index < -0.39 is 28.5 Å². The quantitative estimate of drug-likeness (QED) is 0.160. The van der Waals surface area contributed by atoms with Crippen molar-refractivity contribution in [3.63, 3.8) is 0 Å². The molecular formula is C35H37Cl2N3O5S. The van der Waals surface area contributed by atoms with Gasteiger partial charge in [0.2, 0.25) is 11.8 Å². The number of nitrogens with one attached hydrogen (secondary N) is 1. The maximum atomic E-state index is 14.5. The number of aryl methyl sites for hydroxylation is 1. The number of ether oxygens (including phenoxy) is 1. The molecule has 0 radical (unpaired) electrons. The van der Waals surface area contributed by atoms with Gasteiger partial charge >= 0.3 is 0 Å². The highest BCUT2D eigenvalue weighted by Crippen LogP contribution is 2.29. The molecule has 1 unspecified atom stereocenters. The van der Waals surface area contributed by atoms with E-state index in [-0.39, 0.29) is 29.5 Å². The first kappa shape index (κ1) is 34.8. The third-order valence-corrected chi connectivity index (χ3v) is 9.78. The Morgan fingerprint density at radius 3 is 2.28 bits per heavy atom. The Morgan fingerprint density at radius 1 is 0.913 bits per heavy atom. The number of hydrogen-bond donors (Lipinski definition) is 1. The highest BCUT2D eigenvalue weighted by atomic mass is 35.5. The first-order valence-electron chi connectivity index (χ1n) is 14.8. The molecule has 0 fully saturated rings. The molecule has 0 bridgehead atoms. The normalized spacial score (nSPS) is 11.8. The molecule has 2 amide bonds. The van der Waals surface area contributed by atoms with E-state index in [4.69, 9.17) is 27.9 Å². The van der Waals surface area contributed by atoms with Gasteiger partial charge in [-0.3, -0.25) is 13.9 Å². The van der Waals surface area contributed by atoms with Gasteiger partial charge in [0.25, 0.3) is 10.0 Å². The molecule has 0 aliphatic heterocycles. The molecule has 1 atom stereocenters. The van der Waals surface area contributed by atoms with Crippen molar-refractivity contribution in [2.75, 3.05) is 24.5 Å². The maximum Gasteiger partial charge on any atom is 0.264 e. The van der Waals surface area contributed by atoms with Gasteiger partial charge in [0, 0.05) is 35.6 Å². The molecule has 11 heteroatoms. The second-order valence-corrected chi connectivity index (χ2v) is 13.5. The lowest BCUT2D eigenvalue weighted by Gasteiger charge is -2.34. The van der Waals surface area contributed by atoms with Crippen LogP contribution >= 0.6 is 23.2 Å². The molecular weight excluding hydrogens is 645 g/mol. The maximum absolute atomic E-state index is 14.5. The number of benzene rings is 4. The fraction of sp³-hybridized carbons (Fsp3) is 0.257. The first-order chi connectivity index (χ1) is 22.0. The average molecular weight is 683 g/mol. The molecule has 4 rings (SSSR count). The summed E-state index contributed by atoms with van der Waals surface area (Å²) in [6.07, 6.45) is 0.885. The monoisotopic (exact) mass is 681 g/mol. The molecule has 0 saturated heterocycles. The van der Waals surface area contributed by atoms with Crippen LogP contribution in [0.25, 0.3) is 0 Å². The molecule has 0 aliphatic carbocycles.